The fourth-order valence-corrected chi connectivity index (χ4v) is 4.58. The van der Waals surface area contributed by atoms with Gasteiger partial charge in [-0.15, -0.1) is 0 Å². The Balaban J connectivity index is 1.88. The van der Waals surface area contributed by atoms with Crippen LogP contribution in [0.2, 0.25) is 0 Å². The van der Waals surface area contributed by atoms with Crippen molar-refractivity contribution in [1.29, 1.82) is 0 Å². The van der Waals surface area contributed by atoms with Crippen molar-refractivity contribution >= 4 is 17.7 Å². The van der Waals surface area contributed by atoms with Gasteiger partial charge in [0.25, 0.3) is 0 Å². The molecule has 10 heteroatoms. The van der Waals surface area contributed by atoms with E-state index in [4.69, 9.17) is 14.3 Å². The molecular weight excluding hydrogens is 539 g/mol. The number of nitrogens with zero attached hydrogens (tertiary/aromatic N) is 2. The SMILES string of the molecule is C=C(NSc1ccccc1-c1ccc(COc2cc(C)nc(C)c2OC)cc1CCC(F)(F)F)O/N=C(/C)CC. The summed E-state index contributed by atoms with van der Waals surface area (Å²) in [6, 6.07) is 14.7. The van der Waals surface area contributed by atoms with Crippen LogP contribution in [0.3, 0.4) is 0 Å². The largest absolute Gasteiger partial charge is 0.491 e. The zero-order chi connectivity index (χ0) is 29.3. The first kappa shape index (κ1) is 30.9. The molecule has 1 N–H and O–H groups in total. The third-order valence-corrected chi connectivity index (χ3v) is 6.86. The van der Waals surface area contributed by atoms with Crippen molar-refractivity contribution in [2.75, 3.05) is 7.11 Å². The van der Waals surface area contributed by atoms with Crippen molar-refractivity contribution in [3.05, 3.63) is 83.5 Å². The van der Waals surface area contributed by atoms with E-state index in [1.807, 2.05) is 64.1 Å². The number of benzene rings is 2. The van der Waals surface area contributed by atoms with Crippen molar-refractivity contribution < 1.29 is 27.5 Å². The molecule has 0 radical (unpaired) electrons. The summed E-state index contributed by atoms with van der Waals surface area (Å²) < 4.78 is 54.2. The predicted octanol–water partition coefficient (Wildman–Crippen LogP) is 8.32. The quantitative estimate of drug-likeness (QED) is 0.0960. The molecule has 40 heavy (non-hydrogen) atoms. The fraction of sp³-hybridized carbons (Fsp3) is 0.333. The zero-order valence-corrected chi connectivity index (χ0v) is 24.1. The second kappa shape index (κ2) is 14.1. The highest BCUT2D eigenvalue weighted by Gasteiger charge is 2.27. The lowest BCUT2D eigenvalue weighted by Crippen LogP contribution is -2.10. The molecule has 0 saturated carbocycles. The number of aromatic nitrogens is 1. The van der Waals surface area contributed by atoms with E-state index in [0.717, 1.165) is 33.8 Å². The lowest BCUT2D eigenvalue weighted by atomic mass is 9.94. The van der Waals surface area contributed by atoms with Gasteiger partial charge in [0.15, 0.2) is 11.5 Å². The van der Waals surface area contributed by atoms with Gasteiger partial charge in [-0.3, -0.25) is 9.71 Å². The van der Waals surface area contributed by atoms with E-state index in [0.29, 0.717) is 28.3 Å². The second-order valence-electron chi connectivity index (χ2n) is 9.17. The highest BCUT2D eigenvalue weighted by Crippen LogP contribution is 2.36. The molecule has 0 unspecified atom stereocenters. The molecule has 0 amide bonds. The molecule has 6 nitrogen and oxygen atoms in total. The molecule has 0 bridgehead atoms. The van der Waals surface area contributed by atoms with Gasteiger partial charge in [0.2, 0.25) is 5.88 Å². The van der Waals surface area contributed by atoms with Crippen LogP contribution in [-0.2, 0) is 17.9 Å². The van der Waals surface area contributed by atoms with Crippen molar-refractivity contribution in [3.8, 4) is 22.6 Å². The molecule has 0 fully saturated rings. The van der Waals surface area contributed by atoms with Crippen LogP contribution in [-0.4, -0.2) is 24.0 Å². The van der Waals surface area contributed by atoms with Crippen molar-refractivity contribution in [3.63, 3.8) is 0 Å². The van der Waals surface area contributed by atoms with Crippen LogP contribution in [0.25, 0.3) is 11.1 Å². The van der Waals surface area contributed by atoms with Crippen LogP contribution in [0.15, 0.2) is 71.0 Å². The first-order valence-corrected chi connectivity index (χ1v) is 13.6. The number of alkyl halides is 3. The lowest BCUT2D eigenvalue weighted by molar-refractivity contribution is -0.133. The Bertz CT molecular complexity index is 1360. The van der Waals surface area contributed by atoms with E-state index >= 15 is 0 Å². The Morgan fingerprint density at radius 1 is 1.10 bits per heavy atom. The first-order chi connectivity index (χ1) is 19.0. The van der Waals surface area contributed by atoms with Gasteiger partial charge in [0.1, 0.15) is 6.61 Å². The maximum Gasteiger partial charge on any atom is 0.389 e. The Hall–Kier alpha value is -3.66. The average Bonchev–Trinajstić information content (AvgIpc) is 2.92. The Morgan fingerprint density at radius 3 is 2.55 bits per heavy atom. The normalized spacial score (nSPS) is 11.8. The van der Waals surface area contributed by atoms with E-state index in [1.54, 1.807) is 19.2 Å². The van der Waals surface area contributed by atoms with E-state index in [9.17, 15) is 13.2 Å². The number of ether oxygens (including phenoxy) is 2. The van der Waals surface area contributed by atoms with Gasteiger partial charge in [-0.05, 0) is 80.5 Å². The Labute approximate surface area is 237 Å². The van der Waals surface area contributed by atoms with Crippen LogP contribution in [0.4, 0.5) is 13.2 Å². The van der Waals surface area contributed by atoms with E-state index in [2.05, 4.69) is 21.4 Å². The maximum atomic E-state index is 13.3. The first-order valence-electron chi connectivity index (χ1n) is 12.8. The third-order valence-electron chi connectivity index (χ3n) is 5.96. The molecular formula is C30H34F3N3O3S. The number of rotatable bonds is 13. The molecule has 0 aliphatic carbocycles. The van der Waals surface area contributed by atoms with Gasteiger partial charge in [-0.1, -0.05) is 48.5 Å². The minimum absolute atomic E-state index is 0.158. The maximum absolute atomic E-state index is 13.3. The average molecular weight is 574 g/mol. The van der Waals surface area contributed by atoms with Crippen LogP contribution < -0.4 is 14.2 Å². The number of oxime groups is 1. The van der Waals surface area contributed by atoms with Gasteiger partial charge in [0, 0.05) is 23.1 Å². The minimum Gasteiger partial charge on any atom is -0.491 e. The monoisotopic (exact) mass is 573 g/mol. The molecule has 0 aliphatic heterocycles. The summed E-state index contributed by atoms with van der Waals surface area (Å²) in [5.41, 5.74) is 5.09. The van der Waals surface area contributed by atoms with Gasteiger partial charge in [-0.2, -0.15) is 13.2 Å². The topological polar surface area (TPSA) is 65.0 Å². The Kier molecular flexibility index (Phi) is 10.9. The van der Waals surface area contributed by atoms with Crippen molar-refractivity contribution in [1.82, 2.24) is 9.71 Å². The number of nitrogens with one attached hydrogen (secondary N) is 1. The van der Waals surface area contributed by atoms with E-state index in [-0.39, 0.29) is 18.9 Å². The standard InChI is InChI=1S/C30H34F3N3O3S/c1-7-19(2)35-39-22(5)36-40-28-11-9-8-10-26(28)25-13-12-23(17-24(25)14-15-30(31,32)33)18-38-27-16-20(3)34-21(4)29(27)37-6/h8-13,16-17,36H,5,7,14-15,18H2,1-4,6H3/b35-19-. The third kappa shape index (κ3) is 8.94. The van der Waals surface area contributed by atoms with Crippen LogP contribution >= 0.6 is 11.9 Å². The highest BCUT2D eigenvalue weighted by molar-refractivity contribution is 7.97. The molecule has 0 saturated heterocycles. The van der Waals surface area contributed by atoms with Crippen molar-refractivity contribution in [2.45, 2.75) is 64.6 Å². The number of aryl methyl sites for hydroxylation is 3. The molecule has 3 rings (SSSR count). The molecule has 0 spiro atoms. The van der Waals surface area contributed by atoms with Crippen LogP contribution in [0.1, 0.15) is 49.2 Å². The Morgan fingerprint density at radius 2 is 1.85 bits per heavy atom. The fourth-order valence-electron chi connectivity index (χ4n) is 3.89. The van der Waals surface area contributed by atoms with Gasteiger partial charge >= 0.3 is 6.18 Å². The van der Waals surface area contributed by atoms with Crippen LogP contribution in [0, 0.1) is 13.8 Å². The lowest BCUT2D eigenvalue weighted by Gasteiger charge is -2.17. The van der Waals surface area contributed by atoms with Crippen LogP contribution in [0.5, 0.6) is 11.5 Å². The zero-order valence-electron chi connectivity index (χ0n) is 23.3. The molecule has 1 aromatic heterocycles. The number of hydrogen-bond acceptors (Lipinski definition) is 7. The van der Waals surface area contributed by atoms with Crippen molar-refractivity contribution in [2.24, 2.45) is 5.16 Å². The number of methoxy groups -OCH3 is 1. The highest BCUT2D eigenvalue weighted by atomic mass is 32.2. The summed E-state index contributed by atoms with van der Waals surface area (Å²) in [5.74, 6) is 1.30. The smallest absolute Gasteiger partial charge is 0.389 e. The summed E-state index contributed by atoms with van der Waals surface area (Å²) >= 11 is 1.25. The molecule has 1 heterocycles. The molecule has 0 aliphatic rings. The van der Waals surface area contributed by atoms with E-state index in [1.165, 1.54) is 11.9 Å². The number of hydrogen-bond donors (Lipinski definition) is 1. The molecule has 3 aromatic rings. The van der Waals surface area contributed by atoms with Gasteiger partial charge < -0.3 is 14.3 Å². The summed E-state index contributed by atoms with van der Waals surface area (Å²) in [6.07, 6.45) is -4.64. The molecule has 214 valence electrons. The van der Waals surface area contributed by atoms with Gasteiger partial charge in [0.05, 0.1) is 18.5 Å². The summed E-state index contributed by atoms with van der Waals surface area (Å²) in [5, 5.41) is 3.98. The summed E-state index contributed by atoms with van der Waals surface area (Å²) in [7, 11) is 1.54. The molecule has 2 aromatic carbocycles. The van der Waals surface area contributed by atoms with Gasteiger partial charge in [-0.25, -0.2) is 0 Å². The van der Waals surface area contributed by atoms with E-state index < -0.39 is 12.6 Å². The number of pyridine rings is 1. The predicted molar refractivity (Wildman–Crippen MR) is 153 cm³/mol. The summed E-state index contributed by atoms with van der Waals surface area (Å²) in [6.45, 7) is 11.5. The second-order valence-corrected chi connectivity index (χ2v) is 10.0. The number of halogens is 3. The molecule has 0 atom stereocenters. The minimum atomic E-state index is -4.29. The summed E-state index contributed by atoms with van der Waals surface area (Å²) in [4.78, 5) is 10.5.